The van der Waals surface area contributed by atoms with Gasteiger partial charge in [0.15, 0.2) is 11.6 Å². The van der Waals surface area contributed by atoms with Crippen LogP contribution in [-0.2, 0) is 12.4 Å². The molecule has 1 N–H and O–H groups in total. The lowest BCUT2D eigenvalue weighted by Crippen LogP contribution is -2.29. The Kier molecular flexibility index (Phi) is 7.23. The minimum Gasteiger partial charge on any atom is -0.460 e. The predicted octanol–water partition coefficient (Wildman–Crippen LogP) is 4.85. The number of hydrogen-bond donors (Lipinski definition) is 1. The molecule has 36 heavy (non-hydrogen) atoms. The van der Waals surface area contributed by atoms with Gasteiger partial charge < -0.3 is 10.1 Å². The summed E-state index contributed by atoms with van der Waals surface area (Å²) in [6.07, 6.45) is -9.29. The van der Waals surface area contributed by atoms with E-state index in [9.17, 15) is 31.1 Å². The van der Waals surface area contributed by atoms with Crippen LogP contribution in [0, 0.1) is 11.3 Å². The fraction of sp³-hybridized carbons (Fsp3) is 0.318. The first-order valence-electron chi connectivity index (χ1n) is 10.3. The zero-order valence-electron chi connectivity index (χ0n) is 18.9. The molecule has 0 spiro atoms. The number of halogens is 6. The summed E-state index contributed by atoms with van der Waals surface area (Å²) in [5.74, 6) is -0.998. The quantitative estimate of drug-likeness (QED) is 0.474. The molecular formula is C22H18F6N6O2. The lowest BCUT2D eigenvalue weighted by atomic mass is 10.0. The number of nitriles is 1. The van der Waals surface area contributed by atoms with Crippen molar-refractivity contribution >= 4 is 5.91 Å². The first kappa shape index (κ1) is 26.5. The molecule has 1 atom stereocenters. The lowest BCUT2D eigenvalue weighted by molar-refractivity contribution is -0.143. The standard InChI is InChI=1S/C22H18F6N6O2/c1-11(2)36-20-32-18(34(33-20)17-5-4-13(9-29)10-30-17)12(3)31-19(35)14-6-15(21(23,24)25)8-16(7-14)22(26,27)28/h4-8,10-12H,1-3H3,(H,31,35)/t12-/m0/s1. The van der Waals surface area contributed by atoms with Gasteiger partial charge in [-0.15, -0.1) is 5.10 Å². The van der Waals surface area contributed by atoms with Crippen LogP contribution in [0.2, 0.25) is 0 Å². The maximum absolute atomic E-state index is 13.2. The highest BCUT2D eigenvalue weighted by Crippen LogP contribution is 2.36. The van der Waals surface area contributed by atoms with Crippen molar-refractivity contribution in [1.29, 1.82) is 5.26 Å². The van der Waals surface area contributed by atoms with E-state index in [0.717, 1.165) is 0 Å². The fourth-order valence-electron chi connectivity index (χ4n) is 3.02. The van der Waals surface area contributed by atoms with Crippen molar-refractivity contribution in [3.63, 3.8) is 0 Å². The highest BCUT2D eigenvalue weighted by Gasteiger charge is 2.37. The van der Waals surface area contributed by atoms with E-state index < -0.39 is 41.0 Å². The van der Waals surface area contributed by atoms with E-state index >= 15 is 0 Å². The van der Waals surface area contributed by atoms with Gasteiger partial charge in [-0.1, -0.05) is 0 Å². The summed E-state index contributed by atoms with van der Waals surface area (Å²) in [5, 5.41) is 15.5. The minimum atomic E-state index is -5.10. The molecule has 3 aromatic rings. The second-order valence-corrected chi connectivity index (χ2v) is 7.84. The van der Waals surface area contributed by atoms with Crippen LogP contribution in [0.15, 0.2) is 36.5 Å². The number of amides is 1. The largest absolute Gasteiger partial charge is 0.460 e. The van der Waals surface area contributed by atoms with Crippen molar-refractivity contribution in [2.75, 3.05) is 0 Å². The monoisotopic (exact) mass is 512 g/mol. The number of nitrogens with one attached hydrogen (secondary N) is 1. The summed E-state index contributed by atoms with van der Waals surface area (Å²) < 4.78 is 85.6. The van der Waals surface area contributed by atoms with E-state index in [1.807, 2.05) is 6.07 Å². The first-order valence-corrected chi connectivity index (χ1v) is 10.3. The Bertz CT molecular complexity index is 1260. The van der Waals surface area contributed by atoms with E-state index in [0.29, 0.717) is 12.1 Å². The van der Waals surface area contributed by atoms with Gasteiger partial charge in [0.1, 0.15) is 6.07 Å². The van der Waals surface area contributed by atoms with Crippen molar-refractivity contribution in [3.05, 3.63) is 64.6 Å². The SMILES string of the molecule is CC(C)Oc1nc([C@H](C)NC(=O)c2cc(C(F)(F)F)cc(C(F)(F)F)c2)n(-c2ccc(C#N)cn2)n1. The van der Waals surface area contributed by atoms with E-state index in [1.165, 1.54) is 29.9 Å². The number of alkyl halides is 6. The normalized spacial score (nSPS) is 12.8. The molecule has 0 aliphatic carbocycles. The highest BCUT2D eigenvalue weighted by molar-refractivity contribution is 5.94. The van der Waals surface area contributed by atoms with E-state index in [4.69, 9.17) is 10.00 Å². The zero-order chi connectivity index (χ0) is 26.8. The summed E-state index contributed by atoms with van der Waals surface area (Å²) in [4.78, 5) is 21.0. The number of pyridine rings is 1. The smallest absolute Gasteiger partial charge is 0.416 e. The summed E-state index contributed by atoms with van der Waals surface area (Å²) in [5.41, 5.74) is -3.82. The van der Waals surface area contributed by atoms with E-state index in [2.05, 4.69) is 20.4 Å². The zero-order valence-corrected chi connectivity index (χ0v) is 18.9. The van der Waals surface area contributed by atoms with Gasteiger partial charge in [-0.05, 0) is 51.1 Å². The first-order chi connectivity index (χ1) is 16.7. The summed E-state index contributed by atoms with van der Waals surface area (Å²) >= 11 is 0. The number of rotatable bonds is 6. The molecular weight excluding hydrogens is 494 g/mol. The Morgan fingerprint density at radius 3 is 2.14 bits per heavy atom. The van der Waals surface area contributed by atoms with Crippen LogP contribution in [0.25, 0.3) is 5.82 Å². The number of ether oxygens (including phenoxy) is 1. The molecule has 190 valence electrons. The van der Waals surface area contributed by atoms with Crippen LogP contribution in [-0.4, -0.2) is 31.8 Å². The van der Waals surface area contributed by atoms with Crippen LogP contribution in [0.3, 0.4) is 0 Å². The van der Waals surface area contributed by atoms with Gasteiger partial charge in [0.2, 0.25) is 0 Å². The third kappa shape index (κ3) is 6.09. The summed E-state index contributed by atoms with van der Waals surface area (Å²) in [7, 11) is 0. The third-order valence-corrected chi connectivity index (χ3v) is 4.63. The molecule has 2 heterocycles. The average molecular weight is 512 g/mol. The molecule has 0 aliphatic heterocycles. The third-order valence-electron chi connectivity index (χ3n) is 4.63. The molecule has 0 unspecified atom stereocenters. The lowest BCUT2D eigenvalue weighted by Gasteiger charge is -2.17. The van der Waals surface area contributed by atoms with Crippen LogP contribution in [0.4, 0.5) is 26.3 Å². The van der Waals surface area contributed by atoms with Gasteiger partial charge in [-0.2, -0.15) is 41.3 Å². The minimum absolute atomic E-state index is 0.0271. The molecule has 8 nitrogen and oxygen atoms in total. The molecule has 0 saturated heterocycles. The fourth-order valence-corrected chi connectivity index (χ4v) is 3.02. The number of aromatic nitrogens is 4. The van der Waals surface area contributed by atoms with Crippen molar-refractivity contribution in [2.24, 2.45) is 0 Å². The molecule has 2 aromatic heterocycles. The molecule has 0 aliphatic rings. The van der Waals surface area contributed by atoms with Crippen LogP contribution in [0.5, 0.6) is 6.01 Å². The Balaban J connectivity index is 1.98. The van der Waals surface area contributed by atoms with Gasteiger partial charge in [0, 0.05) is 11.8 Å². The second-order valence-electron chi connectivity index (χ2n) is 7.84. The maximum atomic E-state index is 13.2. The summed E-state index contributed by atoms with van der Waals surface area (Å²) in [6, 6.07) is 4.21. The van der Waals surface area contributed by atoms with Gasteiger partial charge in [-0.3, -0.25) is 4.79 Å². The van der Waals surface area contributed by atoms with Crippen molar-refractivity contribution in [3.8, 4) is 17.9 Å². The Morgan fingerprint density at radius 2 is 1.67 bits per heavy atom. The predicted molar refractivity (Wildman–Crippen MR) is 112 cm³/mol. The molecule has 0 bridgehead atoms. The van der Waals surface area contributed by atoms with Crippen LogP contribution >= 0.6 is 0 Å². The van der Waals surface area contributed by atoms with Gasteiger partial charge >= 0.3 is 18.4 Å². The van der Waals surface area contributed by atoms with Crippen LogP contribution < -0.4 is 10.1 Å². The molecule has 0 fully saturated rings. The Hall–Kier alpha value is -4.15. The Morgan fingerprint density at radius 1 is 1.06 bits per heavy atom. The highest BCUT2D eigenvalue weighted by atomic mass is 19.4. The van der Waals surface area contributed by atoms with Gasteiger partial charge in [-0.25, -0.2) is 4.98 Å². The molecule has 0 radical (unpaired) electrons. The van der Waals surface area contributed by atoms with Gasteiger partial charge in [0.25, 0.3) is 5.91 Å². The van der Waals surface area contributed by atoms with E-state index in [1.54, 1.807) is 13.8 Å². The van der Waals surface area contributed by atoms with Crippen molar-refractivity contribution in [1.82, 2.24) is 25.1 Å². The van der Waals surface area contributed by atoms with Crippen molar-refractivity contribution < 1.29 is 35.9 Å². The van der Waals surface area contributed by atoms with Crippen LogP contribution in [0.1, 0.15) is 59.7 Å². The number of carbonyl (C=O) groups is 1. The topological polar surface area (TPSA) is 106 Å². The number of carbonyl (C=O) groups excluding carboxylic acids is 1. The molecule has 0 saturated carbocycles. The van der Waals surface area contributed by atoms with E-state index in [-0.39, 0.29) is 35.4 Å². The molecule has 1 aromatic carbocycles. The molecule has 1 amide bonds. The van der Waals surface area contributed by atoms with Crippen molar-refractivity contribution in [2.45, 2.75) is 45.3 Å². The average Bonchev–Trinajstić information content (AvgIpc) is 3.20. The maximum Gasteiger partial charge on any atom is 0.416 e. The number of hydrogen-bond acceptors (Lipinski definition) is 6. The molecule has 14 heteroatoms. The summed E-state index contributed by atoms with van der Waals surface area (Å²) in [6.45, 7) is 4.81. The number of benzene rings is 1. The second kappa shape index (κ2) is 9.84. The Labute approximate surface area is 200 Å². The number of nitrogens with zero attached hydrogens (tertiary/aromatic N) is 5. The van der Waals surface area contributed by atoms with Gasteiger partial charge in [0.05, 0.1) is 28.8 Å². The molecule has 3 rings (SSSR count).